The van der Waals surface area contributed by atoms with Crippen LogP contribution in [0.15, 0.2) is 18.2 Å². The predicted molar refractivity (Wildman–Crippen MR) is 122 cm³/mol. The van der Waals surface area contributed by atoms with Crippen molar-refractivity contribution >= 4 is 34.8 Å². The molecule has 3 amide bonds. The standard InChI is InChI=1S/C24H37N3O3/c1-15(28)25-18-12-19(14-20(13-18)27-22(30)24(5,6)7)26-21(29)16-8-10-17(11-9-16)23(2,3)4/h12-14,16-17H,8-11H2,1-7H3,(H,25,28)(H,26,29)(H,27,30). The van der Waals surface area contributed by atoms with Gasteiger partial charge in [0.15, 0.2) is 0 Å². The molecule has 0 aromatic heterocycles. The summed E-state index contributed by atoms with van der Waals surface area (Å²) in [5.41, 5.74) is 1.34. The minimum absolute atomic E-state index is 0.00423. The topological polar surface area (TPSA) is 87.3 Å². The molecule has 3 N–H and O–H groups in total. The highest BCUT2D eigenvalue weighted by Crippen LogP contribution is 2.40. The van der Waals surface area contributed by atoms with Crippen LogP contribution in [0.3, 0.4) is 0 Å². The molecule has 0 radical (unpaired) electrons. The lowest BCUT2D eigenvalue weighted by molar-refractivity contribution is -0.123. The maximum atomic E-state index is 12.9. The summed E-state index contributed by atoms with van der Waals surface area (Å²) >= 11 is 0. The van der Waals surface area contributed by atoms with Crippen molar-refractivity contribution < 1.29 is 14.4 Å². The molecular formula is C24H37N3O3. The Morgan fingerprint density at radius 1 is 0.767 bits per heavy atom. The molecular weight excluding hydrogens is 378 g/mol. The van der Waals surface area contributed by atoms with Crippen LogP contribution in [0.25, 0.3) is 0 Å². The second kappa shape index (κ2) is 9.19. The SMILES string of the molecule is CC(=O)Nc1cc(NC(=O)C2CCC(C(C)(C)C)CC2)cc(NC(=O)C(C)(C)C)c1. The molecule has 0 atom stereocenters. The Labute approximate surface area is 180 Å². The highest BCUT2D eigenvalue weighted by molar-refractivity contribution is 5.99. The number of benzene rings is 1. The van der Waals surface area contributed by atoms with Crippen LogP contribution >= 0.6 is 0 Å². The van der Waals surface area contributed by atoms with Crippen molar-refractivity contribution in [2.45, 2.75) is 74.1 Å². The number of carbonyl (C=O) groups is 3. The Balaban J connectivity index is 2.13. The maximum Gasteiger partial charge on any atom is 0.229 e. The third-order valence-electron chi connectivity index (χ3n) is 5.78. The summed E-state index contributed by atoms with van der Waals surface area (Å²) < 4.78 is 0. The molecule has 6 heteroatoms. The first-order valence-corrected chi connectivity index (χ1v) is 10.8. The van der Waals surface area contributed by atoms with E-state index in [0.29, 0.717) is 23.0 Å². The van der Waals surface area contributed by atoms with Gasteiger partial charge in [0.25, 0.3) is 0 Å². The van der Waals surface area contributed by atoms with Gasteiger partial charge in [0.2, 0.25) is 17.7 Å². The first-order valence-electron chi connectivity index (χ1n) is 10.8. The molecule has 1 aromatic carbocycles. The van der Waals surface area contributed by atoms with Gasteiger partial charge in [-0.15, -0.1) is 0 Å². The summed E-state index contributed by atoms with van der Waals surface area (Å²) in [5.74, 6) is 0.271. The number of hydrogen-bond acceptors (Lipinski definition) is 3. The zero-order valence-electron chi connectivity index (χ0n) is 19.4. The van der Waals surface area contributed by atoms with E-state index in [2.05, 4.69) is 36.7 Å². The summed E-state index contributed by atoms with van der Waals surface area (Å²) in [6.45, 7) is 13.7. The predicted octanol–water partition coefficient (Wildman–Crippen LogP) is 5.42. The number of hydrogen-bond donors (Lipinski definition) is 3. The first-order chi connectivity index (χ1) is 13.8. The molecule has 0 spiro atoms. The highest BCUT2D eigenvalue weighted by Gasteiger charge is 2.32. The molecule has 0 heterocycles. The van der Waals surface area contributed by atoms with Gasteiger partial charge in [-0.05, 0) is 55.2 Å². The molecule has 0 aliphatic heterocycles. The van der Waals surface area contributed by atoms with E-state index in [1.807, 2.05) is 20.8 Å². The average molecular weight is 416 g/mol. The molecule has 1 fully saturated rings. The number of carbonyl (C=O) groups excluding carboxylic acids is 3. The van der Waals surface area contributed by atoms with Crippen LogP contribution in [0.1, 0.15) is 74.1 Å². The number of anilines is 3. The molecule has 1 saturated carbocycles. The monoisotopic (exact) mass is 415 g/mol. The quantitative estimate of drug-likeness (QED) is 0.613. The minimum atomic E-state index is -0.556. The Morgan fingerprint density at radius 3 is 1.67 bits per heavy atom. The largest absolute Gasteiger partial charge is 0.326 e. The lowest BCUT2D eigenvalue weighted by Gasteiger charge is -2.36. The van der Waals surface area contributed by atoms with Crippen LogP contribution in [0.2, 0.25) is 0 Å². The van der Waals surface area contributed by atoms with E-state index < -0.39 is 5.41 Å². The molecule has 30 heavy (non-hydrogen) atoms. The summed E-state index contributed by atoms with van der Waals surface area (Å²) in [6.07, 6.45) is 3.88. The summed E-state index contributed by atoms with van der Waals surface area (Å²) in [7, 11) is 0. The lowest BCUT2D eigenvalue weighted by atomic mass is 9.69. The van der Waals surface area contributed by atoms with Crippen LogP contribution in [0.4, 0.5) is 17.1 Å². The van der Waals surface area contributed by atoms with Gasteiger partial charge in [0.05, 0.1) is 0 Å². The van der Waals surface area contributed by atoms with Crippen LogP contribution in [-0.4, -0.2) is 17.7 Å². The van der Waals surface area contributed by atoms with Gasteiger partial charge in [0, 0.05) is 35.3 Å². The van der Waals surface area contributed by atoms with Crippen molar-refractivity contribution in [3.8, 4) is 0 Å². The Hall–Kier alpha value is -2.37. The zero-order valence-corrected chi connectivity index (χ0v) is 19.4. The van der Waals surface area contributed by atoms with Gasteiger partial charge < -0.3 is 16.0 Å². The molecule has 0 bridgehead atoms. The van der Waals surface area contributed by atoms with Crippen molar-refractivity contribution in [2.24, 2.45) is 22.7 Å². The number of nitrogens with one attached hydrogen (secondary N) is 3. The number of rotatable bonds is 4. The Bertz CT molecular complexity index is 795. The zero-order chi connectivity index (χ0) is 22.7. The van der Waals surface area contributed by atoms with Gasteiger partial charge in [-0.25, -0.2) is 0 Å². The van der Waals surface area contributed by atoms with Crippen LogP contribution in [0.5, 0.6) is 0 Å². The Kier molecular flexibility index (Phi) is 7.32. The minimum Gasteiger partial charge on any atom is -0.326 e. The molecule has 0 saturated heterocycles. The second-order valence-electron chi connectivity index (χ2n) is 10.6. The summed E-state index contributed by atoms with van der Waals surface area (Å²) in [5, 5.41) is 8.59. The Morgan fingerprint density at radius 2 is 1.23 bits per heavy atom. The number of amides is 3. The van der Waals surface area contributed by atoms with Crippen molar-refractivity contribution in [2.75, 3.05) is 16.0 Å². The fourth-order valence-electron chi connectivity index (χ4n) is 3.83. The van der Waals surface area contributed by atoms with Gasteiger partial charge in [-0.1, -0.05) is 41.5 Å². The normalized spacial score (nSPS) is 19.7. The third-order valence-corrected chi connectivity index (χ3v) is 5.78. The van der Waals surface area contributed by atoms with Crippen LogP contribution < -0.4 is 16.0 Å². The van der Waals surface area contributed by atoms with Gasteiger partial charge in [-0.3, -0.25) is 14.4 Å². The molecule has 1 aromatic rings. The van der Waals surface area contributed by atoms with E-state index in [4.69, 9.17) is 0 Å². The molecule has 166 valence electrons. The molecule has 1 aliphatic carbocycles. The smallest absolute Gasteiger partial charge is 0.229 e. The van der Waals surface area contributed by atoms with E-state index in [-0.39, 0.29) is 29.1 Å². The second-order valence-corrected chi connectivity index (χ2v) is 10.6. The van der Waals surface area contributed by atoms with Crippen LogP contribution in [0, 0.1) is 22.7 Å². The van der Waals surface area contributed by atoms with E-state index in [1.165, 1.54) is 6.92 Å². The van der Waals surface area contributed by atoms with E-state index in [0.717, 1.165) is 25.7 Å². The van der Waals surface area contributed by atoms with Crippen molar-refractivity contribution in [3.63, 3.8) is 0 Å². The van der Waals surface area contributed by atoms with Crippen molar-refractivity contribution in [3.05, 3.63) is 18.2 Å². The fraction of sp³-hybridized carbons (Fsp3) is 0.625. The van der Waals surface area contributed by atoms with E-state index in [1.54, 1.807) is 18.2 Å². The van der Waals surface area contributed by atoms with E-state index >= 15 is 0 Å². The lowest BCUT2D eigenvalue weighted by Crippen LogP contribution is -2.31. The average Bonchev–Trinajstić information content (AvgIpc) is 2.59. The fourth-order valence-corrected chi connectivity index (χ4v) is 3.83. The summed E-state index contributed by atoms with van der Waals surface area (Å²) in [4.78, 5) is 36.8. The molecule has 6 nitrogen and oxygen atoms in total. The van der Waals surface area contributed by atoms with Gasteiger partial charge in [0.1, 0.15) is 0 Å². The van der Waals surface area contributed by atoms with Crippen molar-refractivity contribution in [1.29, 1.82) is 0 Å². The third kappa shape index (κ3) is 6.85. The molecule has 0 unspecified atom stereocenters. The van der Waals surface area contributed by atoms with Crippen LogP contribution in [-0.2, 0) is 14.4 Å². The first kappa shape index (κ1) is 23.9. The summed E-state index contributed by atoms with van der Waals surface area (Å²) in [6, 6.07) is 5.13. The van der Waals surface area contributed by atoms with Gasteiger partial charge in [-0.2, -0.15) is 0 Å². The maximum absolute atomic E-state index is 12.9. The van der Waals surface area contributed by atoms with Gasteiger partial charge >= 0.3 is 0 Å². The molecule has 2 rings (SSSR count). The van der Waals surface area contributed by atoms with E-state index in [9.17, 15) is 14.4 Å². The van der Waals surface area contributed by atoms with Crippen molar-refractivity contribution in [1.82, 2.24) is 0 Å². The molecule has 1 aliphatic rings. The highest BCUT2D eigenvalue weighted by atomic mass is 16.2.